The summed E-state index contributed by atoms with van der Waals surface area (Å²) in [5.74, 6) is 0.0143. The second-order valence-electron chi connectivity index (χ2n) is 5.69. The molecule has 118 valence electrons. The van der Waals surface area contributed by atoms with Gasteiger partial charge in [-0.3, -0.25) is 9.69 Å². The number of anilines is 1. The molecule has 0 bridgehead atoms. The predicted octanol–water partition coefficient (Wildman–Crippen LogP) is 4.36. The van der Waals surface area contributed by atoms with Crippen molar-refractivity contribution in [2.45, 2.75) is 19.5 Å². The Kier molecular flexibility index (Phi) is 4.74. The third kappa shape index (κ3) is 3.60. The summed E-state index contributed by atoms with van der Waals surface area (Å²) in [6.07, 6.45) is 0. The molecule has 0 saturated carbocycles. The Balaban J connectivity index is 1.72. The first-order valence-electron chi connectivity index (χ1n) is 7.66. The number of hydrogen-bond acceptors (Lipinski definition) is 3. The van der Waals surface area contributed by atoms with E-state index in [1.807, 2.05) is 50.4 Å². The zero-order valence-electron chi connectivity index (χ0n) is 13.3. The minimum Gasteiger partial charge on any atom is -0.324 e. The molecule has 23 heavy (non-hydrogen) atoms. The fourth-order valence-electron chi connectivity index (χ4n) is 2.56. The first-order valence-corrected chi connectivity index (χ1v) is 8.54. The van der Waals surface area contributed by atoms with Gasteiger partial charge in [0.15, 0.2) is 0 Å². The first-order chi connectivity index (χ1) is 11.1. The Bertz CT molecular complexity index is 793. The van der Waals surface area contributed by atoms with Crippen molar-refractivity contribution in [2.75, 3.05) is 12.4 Å². The van der Waals surface area contributed by atoms with Crippen molar-refractivity contribution in [2.24, 2.45) is 0 Å². The van der Waals surface area contributed by atoms with E-state index in [1.54, 1.807) is 11.3 Å². The molecule has 2 aromatic carbocycles. The Morgan fingerprint density at radius 3 is 2.70 bits per heavy atom. The van der Waals surface area contributed by atoms with E-state index in [9.17, 15) is 4.79 Å². The molecule has 3 rings (SSSR count). The highest BCUT2D eigenvalue weighted by atomic mass is 32.1. The Morgan fingerprint density at radius 1 is 1.13 bits per heavy atom. The minimum atomic E-state index is -0.198. The van der Waals surface area contributed by atoms with Crippen LogP contribution in [-0.4, -0.2) is 23.9 Å². The van der Waals surface area contributed by atoms with Crippen molar-refractivity contribution in [3.05, 3.63) is 64.9 Å². The second-order valence-corrected chi connectivity index (χ2v) is 6.72. The molecule has 1 heterocycles. The molecule has 0 aliphatic heterocycles. The van der Waals surface area contributed by atoms with Crippen molar-refractivity contribution in [3.63, 3.8) is 0 Å². The molecule has 0 saturated heterocycles. The summed E-state index contributed by atoms with van der Waals surface area (Å²) >= 11 is 1.71. The predicted molar refractivity (Wildman–Crippen MR) is 97.8 cm³/mol. The summed E-state index contributed by atoms with van der Waals surface area (Å²) in [6.45, 7) is 2.72. The van der Waals surface area contributed by atoms with E-state index in [-0.39, 0.29) is 11.9 Å². The summed E-state index contributed by atoms with van der Waals surface area (Å²) < 4.78 is 0. The van der Waals surface area contributed by atoms with Gasteiger partial charge in [0.05, 0.1) is 6.04 Å². The highest BCUT2D eigenvalue weighted by Gasteiger charge is 2.19. The van der Waals surface area contributed by atoms with Gasteiger partial charge in [-0.05, 0) is 36.9 Å². The number of carbonyl (C=O) groups is 1. The molecular weight excluding hydrogens is 304 g/mol. The van der Waals surface area contributed by atoms with Crippen molar-refractivity contribution < 1.29 is 4.79 Å². The van der Waals surface area contributed by atoms with Crippen molar-refractivity contribution in [1.82, 2.24) is 4.90 Å². The maximum absolute atomic E-state index is 12.6. The van der Waals surface area contributed by atoms with Crippen LogP contribution in [0.5, 0.6) is 0 Å². The summed E-state index contributed by atoms with van der Waals surface area (Å²) in [4.78, 5) is 15.9. The number of benzene rings is 2. The van der Waals surface area contributed by atoms with E-state index in [2.05, 4.69) is 33.8 Å². The molecule has 0 aliphatic carbocycles. The van der Waals surface area contributed by atoms with E-state index >= 15 is 0 Å². The third-order valence-electron chi connectivity index (χ3n) is 4.07. The van der Waals surface area contributed by atoms with Gasteiger partial charge >= 0.3 is 0 Å². The van der Waals surface area contributed by atoms with Gasteiger partial charge in [-0.1, -0.05) is 42.5 Å². The number of nitrogens with one attached hydrogen (secondary N) is 1. The Labute approximate surface area is 140 Å². The molecule has 1 N–H and O–H groups in total. The average Bonchev–Trinajstić information content (AvgIpc) is 3.07. The highest BCUT2D eigenvalue weighted by Crippen LogP contribution is 2.23. The maximum atomic E-state index is 12.6. The number of likely N-dealkylation sites (N-methyl/N-ethyl adjacent to an activating group) is 1. The van der Waals surface area contributed by atoms with Crippen LogP contribution in [0.3, 0.4) is 0 Å². The number of fused-ring (bicyclic) bond motifs is 1. The molecule has 3 aromatic rings. The molecule has 0 radical (unpaired) electrons. The summed E-state index contributed by atoms with van der Waals surface area (Å²) in [5, 5.41) is 7.32. The molecule has 0 aliphatic rings. The van der Waals surface area contributed by atoms with Crippen LogP contribution >= 0.6 is 11.3 Å². The molecule has 1 amide bonds. The quantitative estimate of drug-likeness (QED) is 0.756. The molecule has 0 spiro atoms. The van der Waals surface area contributed by atoms with Gasteiger partial charge < -0.3 is 5.32 Å². The topological polar surface area (TPSA) is 32.3 Å². The SMILES string of the molecule is C[C@H](C(=O)Nc1cccc2ccccc12)N(C)Cc1cccs1. The van der Waals surface area contributed by atoms with Crippen LogP contribution < -0.4 is 5.32 Å². The van der Waals surface area contributed by atoms with E-state index in [0.29, 0.717) is 0 Å². The van der Waals surface area contributed by atoms with Crippen LogP contribution in [0.2, 0.25) is 0 Å². The van der Waals surface area contributed by atoms with E-state index in [0.717, 1.165) is 23.0 Å². The molecule has 1 aromatic heterocycles. The Morgan fingerprint density at radius 2 is 1.91 bits per heavy atom. The first kappa shape index (κ1) is 15.7. The van der Waals surface area contributed by atoms with E-state index in [4.69, 9.17) is 0 Å². The van der Waals surface area contributed by atoms with Gasteiger partial charge in [0.25, 0.3) is 0 Å². The molecule has 0 unspecified atom stereocenters. The number of nitrogens with zero attached hydrogens (tertiary/aromatic N) is 1. The van der Waals surface area contributed by atoms with Crippen LogP contribution in [0.4, 0.5) is 5.69 Å². The molecule has 4 heteroatoms. The summed E-state index contributed by atoms with van der Waals surface area (Å²) in [5.41, 5.74) is 0.865. The minimum absolute atomic E-state index is 0.0143. The molecule has 3 nitrogen and oxygen atoms in total. The third-order valence-corrected chi connectivity index (χ3v) is 4.93. The lowest BCUT2D eigenvalue weighted by molar-refractivity contribution is -0.120. The Hall–Kier alpha value is -2.17. The molecule has 1 atom stereocenters. The number of rotatable bonds is 5. The fraction of sp³-hybridized carbons (Fsp3) is 0.211. The number of carbonyl (C=O) groups excluding carboxylic acids is 1. The van der Waals surface area contributed by atoms with Gasteiger partial charge in [-0.2, -0.15) is 0 Å². The van der Waals surface area contributed by atoms with Gasteiger partial charge in [0.2, 0.25) is 5.91 Å². The van der Waals surface area contributed by atoms with Crippen LogP contribution in [0.1, 0.15) is 11.8 Å². The van der Waals surface area contributed by atoms with Gasteiger partial charge in [0, 0.05) is 22.5 Å². The second kappa shape index (κ2) is 6.94. The number of thiophene rings is 1. The van der Waals surface area contributed by atoms with Crippen LogP contribution in [0.15, 0.2) is 60.0 Å². The average molecular weight is 324 g/mol. The zero-order chi connectivity index (χ0) is 16.2. The van der Waals surface area contributed by atoms with Crippen LogP contribution in [0, 0.1) is 0 Å². The van der Waals surface area contributed by atoms with E-state index in [1.165, 1.54) is 4.88 Å². The van der Waals surface area contributed by atoms with Gasteiger partial charge in [-0.25, -0.2) is 0 Å². The van der Waals surface area contributed by atoms with Gasteiger partial charge in [-0.15, -0.1) is 11.3 Å². The van der Waals surface area contributed by atoms with Gasteiger partial charge in [0.1, 0.15) is 0 Å². The fourth-order valence-corrected chi connectivity index (χ4v) is 3.32. The summed E-state index contributed by atoms with van der Waals surface area (Å²) in [7, 11) is 1.98. The van der Waals surface area contributed by atoms with Crippen LogP contribution in [-0.2, 0) is 11.3 Å². The van der Waals surface area contributed by atoms with Crippen molar-refractivity contribution >= 4 is 33.7 Å². The monoisotopic (exact) mass is 324 g/mol. The zero-order valence-corrected chi connectivity index (χ0v) is 14.1. The number of amides is 1. The maximum Gasteiger partial charge on any atom is 0.241 e. The number of hydrogen-bond donors (Lipinski definition) is 1. The summed E-state index contributed by atoms with van der Waals surface area (Å²) in [6, 6.07) is 18.0. The lowest BCUT2D eigenvalue weighted by atomic mass is 10.1. The highest BCUT2D eigenvalue weighted by molar-refractivity contribution is 7.09. The largest absolute Gasteiger partial charge is 0.324 e. The van der Waals surface area contributed by atoms with E-state index < -0.39 is 0 Å². The normalized spacial score (nSPS) is 12.5. The lowest BCUT2D eigenvalue weighted by Crippen LogP contribution is -2.39. The standard InChI is InChI=1S/C19H20N2OS/c1-14(21(2)13-16-9-6-12-23-16)19(22)20-18-11-5-8-15-7-3-4-10-17(15)18/h3-12,14H,13H2,1-2H3,(H,20,22)/t14-/m1/s1. The smallest absolute Gasteiger partial charge is 0.241 e. The van der Waals surface area contributed by atoms with Crippen LogP contribution in [0.25, 0.3) is 10.8 Å². The lowest BCUT2D eigenvalue weighted by Gasteiger charge is -2.23. The molecule has 0 fully saturated rings. The van der Waals surface area contributed by atoms with Crippen molar-refractivity contribution in [1.29, 1.82) is 0 Å². The van der Waals surface area contributed by atoms with Crippen molar-refractivity contribution in [3.8, 4) is 0 Å². The molecular formula is C19H20N2OS.